The average molecular weight is 321 g/mol. The normalized spacial score (nSPS) is 10.8. The maximum Gasteiger partial charge on any atom is 0.269 e. The number of hydrogen-bond acceptors (Lipinski definition) is 6. The number of hydrogen-bond donors (Lipinski definition) is 0. The smallest absolute Gasteiger partial charge is 0.269 e. The fraction of sp³-hybridized carbons (Fsp3) is 0. The highest BCUT2D eigenvalue weighted by molar-refractivity contribution is 6.35. The first-order valence-corrected chi connectivity index (χ1v) is 6.94. The van der Waals surface area contributed by atoms with E-state index in [1.165, 1.54) is 29.1 Å². The fourth-order valence-corrected chi connectivity index (χ4v) is 1.99. The Balaban J connectivity index is 1.72. The molecule has 2 aromatic carbocycles. The molecule has 0 aliphatic heterocycles. The fourth-order valence-electron chi connectivity index (χ4n) is 1.99. The van der Waals surface area contributed by atoms with Crippen molar-refractivity contribution in [3.63, 3.8) is 0 Å². The van der Waals surface area contributed by atoms with Crippen LogP contribution in [0.5, 0.6) is 0 Å². The molecule has 3 rings (SSSR count). The summed E-state index contributed by atoms with van der Waals surface area (Å²) < 4.78 is 0. The van der Waals surface area contributed by atoms with Gasteiger partial charge in [0.2, 0.25) is 5.78 Å². The molecule has 0 aliphatic carbocycles. The molecular weight excluding hydrogens is 310 g/mol. The first kappa shape index (κ1) is 15.2. The number of nitro groups is 1. The number of aromatic nitrogens is 3. The second-order valence-corrected chi connectivity index (χ2v) is 4.80. The number of nitrogens with zero attached hydrogens (tertiary/aromatic N) is 5. The molecule has 0 saturated heterocycles. The van der Waals surface area contributed by atoms with Gasteiger partial charge in [0.05, 0.1) is 17.3 Å². The molecule has 0 N–H and O–H groups in total. The van der Waals surface area contributed by atoms with Gasteiger partial charge in [0.15, 0.2) is 0 Å². The highest BCUT2D eigenvalue weighted by atomic mass is 16.6. The third kappa shape index (κ3) is 3.38. The molecule has 0 atom stereocenters. The van der Waals surface area contributed by atoms with E-state index < -0.39 is 4.92 Å². The van der Waals surface area contributed by atoms with Crippen LogP contribution in [0.3, 0.4) is 0 Å². The summed E-state index contributed by atoms with van der Waals surface area (Å²) in [6.07, 6.45) is 2.68. The minimum atomic E-state index is -0.525. The van der Waals surface area contributed by atoms with Crippen LogP contribution in [0.4, 0.5) is 5.69 Å². The maximum atomic E-state index is 12.0. The Morgan fingerprint density at radius 2 is 1.83 bits per heavy atom. The van der Waals surface area contributed by atoms with Crippen LogP contribution >= 0.6 is 0 Å². The van der Waals surface area contributed by atoms with Gasteiger partial charge in [-0.3, -0.25) is 14.9 Å². The van der Waals surface area contributed by atoms with Gasteiger partial charge in [-0.1, -0.05) is 30.3 Å². The zero-order valence-corrected chi connectivity index (χ0v) is 12.3. The van der Waals surface area contributed by atoms with E-state index in [2.05, 4.69) is 15.4 Å². The van der Waals surface area contributed by atoms with Gasteiger partial charge in [-0.2, -0.15) is 5.10 Å². The van der Waals surface area contributed by atoms with Gasteiger partial charge in [0.1, 0.15) is 5.69 Å². The highest BCUT2D eigenvalue weighted by Gasteiger charge is 2.08. The summed E-state index contributed by atoms with van der Waals surface area (Å²) >= 11 is 0. The van der Waals surface area contributed by atoms with Gasteiger partial charge < -0.3 is 0 Å². The Bertz CT molecular complexity index is 901. The molecule has 0 saturated carbocycles. The van der Waals surface area contributed by atoms with Crippen molar-refractivity contribution in [3.05, 3.63) is 76.5 Å². The van der Waals surface area contributed by atoms with Crippen molar-refractivity contribution in [2.24, 2.45) is 5.10 Å². The van der Waals surface area contributed by atoms with Gasteiger partial charge in [0.25, 0.3) is 5.69 Å². The second kappa shape index (κ2) is 6.61. The summed E-state index contributed by atoms with van der Waals surface area (Å²) in [6.45, 7) is 0. The van der Waals surface area contributed by atoms with E-state index in [0.29, 0.717) is 11.3 Å². The highest BCUT2D eigenvalue weighted by Crippen LogP contribution is 2.15. The zero-order valence-electron chi connectivity index (χ0n) is 12.3. The molecule has 0 bridgehead atoms. The average Bonchev–Trinajstić information content (AvgIpc) is 3.09. The largest absolute Gasteiger partial charge is 0.287 e. The predicted octanol–water partition coefficient (Wildman–Crippen LogP) is 2.57. The van der Waals surface area contributed by atoms with Crippen LogP contribution in [0.25, 0.3) is 11.3 Å². The molecule has 8 heteroatoms. The van der Waals surface area contributed by atoms with E-state index in [9.17, 15) is 14.9 Å². The van der Waals surface area contributed by atoms with Gasteiger partial charge in [-0.05, 0) is 17.3 Å². The molecule has 118 valence electrons. The number of ketones is 1. The van der Waals surface area contributed by atoms with E-state index in [-0.39, 0.29) is 11.5 Å². The Labute approximate surface area is 136 Å². The number of carbonyl (C=O) groups excluding carboxylic acids is 1. The van der Waals surface area contributed by atoms with Crippen molar-refractivity contribution < 1.29 is 9.72 Å². The third-order valence-electron chi connectivity index (χ3n) is 3.21. The molecule has 0 radical (unpaired) electrons. The lowest BCUT2D eigenvalue weighted by Gasteiger charge is -1.95. The van der Waals surface area contributed by atoms with Crippen molar-refractivity contribution in [2.45, 2.75) is 0 Å². The van der Waals surface area contributed by atoms with Gasteiger partial charge in [-0.15, -0.1) is 9.89 Å². The number of non-ortho nitro benzene ring substituents is 1. The number of rotatable bonds is 5. The van der Waals surface area contributed by atoms with E-state index in [1.54, 1.807) is 6.20 Å². The summed E-state index contributed by atoms with van der Waals surface area (Å²) in [6, 6.07) is 14.7. The van der Waals surface area contributed by atoms with Gasteiger partial charge in [0, 0.05) is 23.3 Å². The summed E-state index contributed by atoms with van der Waals surface area (Å²) in [5.41, 5.74) is 1.75. The van der Waals surface area contributed by atoms with Crippen LogP contribution in [-0.2, 0) is 0 Å². The topological polar surface area (TPSA) is 103 Å². The molecule has 3 aromatic rings. The summed E-state index contributed by atoms with van der Waals surface area (Å²) in [5, 5.41) is 22.3. The second-order valence-electron chi connectivity index (χ2n) is 4.80. The number of Topliss-reactive ketones (excluding diaryl/α,β-unsaturated/α-hetero) is 1. The monoisotopic (exact) mass is 321 g/mol. The van der Waals surface area contributed by atoms with Crippen molar-refractivity contribution in [2.75, 3.05) is 0 Å². The quantitative estimate of drug-likeness (QED) is 0.311. The Morgan fingerprint density at radius 1 is 1.12 bits per heavy atom. The van der Waals surface area contributed by atoms with E-state index in [1.807, 2.05) is 30.3 Å². The molecule has 0 aliphatic rings. The van der Waals surface area contributed by atoms with E-state index in [0.717, 1.165) is 11.8 Å². The lowest BCUT2D eigenvalue weighted by atomic mass is 10.1. The molecule has 0 unspecified atom stereocenters. The van der Waals surface area contributed by atoms with Gasteiger partial charge in [-0.25, -0.2) is 0 Å². The van der Waals surface area contributed by atoms with Crippen LogP contribution < -0.4 is 0 Å². The van der Waals surface area contributed by atoms with Crippen molar-refractivity contribution in [1.29, 1.82) is 0 Å². The molecular formula is C16H11N5O3. The molecule has 0 fully saturated rings. The lowest BCUT2D eigenvalue weighted by Crippen LogP contribution is -2.03. The van der Waals surface area contributed by atoms with Crippen LogP contribution in [0.15, 0.2) is 65.9 Å². The standard InChI is InChI=1S/C16H11N5O3/c22-16(13-6-8-14(9-7-13)21(23)24)10-17-20-11-15(18-19-20)12-4-2-1-3-5-12/h1-11H/b17-10+. The molecule has 24 heavy (non-hydrogen) atoms. The number of nitro benzene ring substituents is 1. The SMILES string of the molecule is O=C(/C=N/n1cc(-c2ccccc2)nn1)c1ccc([N+](=O)[O-])cc1. The Hall–Kier alpha value is -3.68. The zero-order chi connectivity index (χ0) is 16.9. The Kier molecular flexibility index (Phi) is 4.19. The van der Waals surface area contributed by atoms with Crippen molar-refractivity contribution in [3.8, 4) is 11.3 Å². The maximum absolute atomic E-state index is 12.0. The molecule has 1 aromatic heterocycles. The summed E-state index contributed by atoms with van der Waals surface area (Å²) in [7, 11) is 0. The van der Waals surface area contributed by atoms with Gasteiger partial charge >= 0.3 is 0 Å². The van der Waals surface area contributed by atoms with Crippen LogP contribution in [0, 0.1) is 10.1 Å². The van der Waals surface area contributed by atoms with Crippen LogP contribution in [0.2, 0.25) is 0 Å². The number of benzene rings is 2. The van der Waals surface area contributed by atoms with E-state index >= 15 is 0 Å². The molecule has 0 amide bonds. The van der Waals surface area contributed by atoms with Crippen LogP contribution in [-0.4, -0.2) is 32.0 Å². The minimum Gasteiger partial charge on any atom is -0.287 e. The first-order valence-electron chi connectivity index (χ1n) is 6.94. The number of carbonyl (C=O) groups is 1. The van der Waals surface area contributed by atoms with Crippen LogP contribution in [0.1, 0.15) is 10.4 Å². The Morgan fingerprint density at radius 3 is 2.50 bits per heavy atom. The lowest BCUT2D eigenvalue weighted by molar-refractivity contribution is -0.384. The molecule has 8 nitrogen and oxygen atoms in total. The van der Waals surface area contributed by atoms with E-state index in [4.69, 9.17) is 0 Å². The third-order valence-corrected chi connectivity index (χ3v) is 3.21. The van der Waals surface area contributed by atoms with Crippen molar-refractivity contribution >= 4 is 17.7 Å². The first-order chi connectivity index (χ1) is 11.6. The molecule has 0 spiro atoms. The minimum absolute atomic E-state index is 0.0766. The summed E-state index contributed by atoms with van der Waals surface area (Å²) in [5.74, 6) is -0.387. The molecule has 1 heterocycles. The van der Waals surface area contributed by atoms with Crippen molar-refractivity contribution in [1.82, 2.24) is 15.1 Å². The predicted molar refractivity (Wildman–Crippen MR) is 86.8 cm³/mol. The summed E-state index contributed by atoms with van der Waals surface area (Å²) in [4.78, 5) is 23.2.